The summed E-state index contributed by atoms with van der Waals surface area (Å²) in [5.74, 6) is -0.814. The van der Waals surface area contributed by atoms with Gasteiger partial charge in [-0.2, -0.15) is 0 Å². The number of rotatable bonds is 3. The lowest BCUT2D eigenvalue weighted by molar-refractivity contribution is -0.175. The lowest BCUT2D eigenvalue weighted by atomic mass is 9.85. The largest absolute Gasteiger partial charge is 0.457 e. The Morgan fingerprint density at radius 2 is 1.58 bits per heavy atom. The van der Waals surface area contributed by atoms with Crippen molar-refractivity contribution in [3.05, 3.63) is 77.5 Å². The van der Waals surface area contributed by atoms with Crippen molar-refractivity contribution in [1.82, 2.24) is 0 Å². The fourth-order valence-corrected chi connectivity index (χ4v) is 2.93. The number of Topliss-reactive ketones (excluding diaryl/α,β-unsaturated/α-hetero) is 1. The van der Waals surface area contributed by atoms with Crippen molar-refractivity contribution in [2.75, 3.05) is 0 Å². The third kappa shape index (κ3) is 3.08. The van der Waals surface area contributed by atoms with Crippen molar-refractivity contribution in [1.29, 1.82) is 0 Å². The second kappa shape index (κ2) is 6.71. The Bertz CT molecular complexity index is 778. The van der Waals surface area contributed by atoms with Gasteiger partial charge in [0.1, 0.15) is 11.7 Å². The van der Waals surface area contributed by atoms with E-state index < -0.39 is 18.2 Å². The van der Waals surface area contributed by atoms with Gasteiger partial charge in [0.15, 0.2) is 5.78 Å². The molecule has 0 radical (unpaired) electrons. The topological polar surface area (TPSA) is 52.6 Å². The molecule has 0 saturated carbocycles. The summed E-state index contributed by atoms with van der Waals surface area (Å²) in [5, 5.41) is 0. The molecule has 1 aliphatic rings. The Kier molecular flexibility index (Phi) is 4.47. The van der Waals surface area contributed by atoms with Crippen molar-refractivity contribution in [2.45, 2.75) is 26.1 Å². The minimum absolute atomic E-state index is 0.109. The molecule has 0 spiro atoms. The SMILES string of the molecule is CC(=O)OC1OC(C)=C(c2ccccc2)C(=O)C1c1ccccc1. The maximum absolute atomic E-state index is 13.2. The van der Waals surface area contributed by atoms with Gasteiger partial charge in [0.05, 0.1) is 5.57 Å². The molecule has 1 heterocycles. The van der Waals surface area contributed by atoms with E-state index in [2.05, 4.69) is 0 Å². The smallest absolute Gasteiger partial charge is 0.305 e. The van der Waals surface area contributed by atoms with E-state index in [0.29, 0.717) is 11.3 Å². The number of carbonyl (C=O) groups is 2. The van der Waals surface area contributed by atoms with Crippen LogP contribution in [-0.4, -0.2) is 18.0 Å². The molecule has 4 nitrogen and oxygen atoms in total. The zero-order chi connectivity index (χ0) is 17.1. The monoisotopic (exact) mass is 322 g/mol. The maximum Gasteiger partial charge on any atom is 0.305 e. The fourth-order valence-electron chi connectivity index (χ4n) is 2.93. The number of esters is 1. The van der Waals surface area contributed by atoms with Crippen LogP contribution in [0.4, 0.5) is 0 Å². The van der Waals surface area contributed by atoms with E-state index in [1.54, 1.807) is 6.92 Å². The van der Waals surface area contributed by atoms with Crippen LogP contribution in [0.3, 0.4) is 0 Å². The average molecular weight is 322 g/mol. The van der Waals surface area contributed by atoms with Crippen LogP contribution in [0.15, 0.2) is 66.4 Å². The first-order valence-corrected chi connectivity index (χ1v) is 7.77. The lowest BCUT2D eigenvalue weighted by Gasteiger charge is -2.32. The zero-order valence-electron chi connectivity index (χ0n) is 13.6. The van der Waals surface area contributed by atoms with Gasteiger partial charge >= 0.3 is 5.97 Å². The highest BCUT2D eigenvalue weighted by Crippen LogP contribution is 2.38. The minimum atomic E-state index is -0.954. The number of ketones is 1. The molecule has 0 aliphatic carbocycles. The lowest BCUT2D eigenvalue weighted by Crippen LogP contribution is -2.37. The number of benzene rings is 2. The summed E-state index contributed by atoms with van der Waals surface area (Å²) >= 11 is 0. The predicted octanol–water partition coefficient (Wildman–Crippen LogP) is 3.69. The van der Waals surface area contributed by atoms with Crippen LogP contribution in [-0.2, 0) is 19.1 Å². The summed E-state index contributed by atoms with van der Waals surface area (Å²) in [5.41, 5.74) is 2.07. The van der Waals surface area contributed by atoms with Crippen LogP contribution in [0.25, 0.3) is 5.57 Å². The summed E-state index contributed by atoms with van der Waals surface area (Å²) in [6.45, 7) is 3.03. The van der Waals surface area contributed by atoms with Crippen molar-refractivity contribution in [2.24, 2.45) is 0 Å². The number of allylic oxidation sites excluding steroid dienone is 2. The molecule has 2 atom stereocenters. The molecular weight excluding hydrogens is 304 g/mol. The Hall–Kier alpha value is -2.88. The van der Waals surface area contributed by atoms with E-state index in [0.717, 1.165) is 11.1 Å². The first-order valence-electron chi connectivity index (χ1n) is 7.77. The molecule has 0 saturated heterocycles. The van der Waals surface area contributed by atoms with E-state index in [1.165, 1.54) is 6.92 Å². The van der Waals surface area contributed by atoms with E-state index in [1.807, 2.05) is 60.7 Å². The van der Waals surface area contributed by atoms with Crippen molar-refractivity contribution < 1.29 is 19.1 Å². The maximum atomic E-state index is 13.2. The van der Waals surface area contributed by atoms with Crippen molar-refractivity contribution >= 4 is 17.3 Å². The van der Waals surface area contributed by atoms with Gasteiger partial charge in [0.2, 0.25) is 0 Å². The molecule has 0 bridgehead atoms. The van der Waals surface area contributed by atoms with Crippen LogP contribution in [0.5, 0.6) is 0 Å². The highest BCUT2D eigenvalue weighted by atomic mass is 16.7. The Morgan fingerprint density at radius 1 is 1.00 bits per heavy atom. The average Bonchev–Trinajstić information content (AvgIpc) is 2.56. The third-order valence-electron chi connectivity index (χ3n) is 3.95. The highest BCUT2D eigenvalue weighted by molar-refractivity contribution is 6.24. The predicted molar refractivity (Wildman–Crippen MR) is 89.9 cm³/mol. The molecule has 4 heteroatoms. The van der Waals surface area contributed by atoms with Gasteiger partial charge in [-0.3, -0.25) is 9.59 Å². The molecule has 122 valence electrons. The molecule has 2 unspecified atom stereocenters. The second-order valence-corrected chi connectivity index (χ2v) is 5.65. The van der Waals surface area contributed by atoms with Gasteiger partial charge < -0.3 is 9.47 Å². The number of carbonyl (C=O) groups excluding carboxylic acids is 2. The van der Waals surface area contributed by atoms with Gasteiger partial charge in [-0.1, -0.05) is 60.7 Å². The molecule has 1 aliphatic heterocycles. The van der Waals surface area contributed by atoms with Crippen LogP contribution in [0, 0.1) is 0 Å². The molecule has 2 aromatic carbocycles. The molecule has 0 aromatic heterocycles. The molecule has 0 fully saturated rings. The van der Waals surface area contributed by atoms with Gasteiger partial charge in [0.25, 0.3) is 6.29 Å². The van der Waals surface area contributed by atoms with E-state index >= 15 is 0 Å². The van der Waals surface area contributed by atoms with Crippen LogP contribution in [0.2, 0.25) is 0 Å². The number of hydrogen-bond donors (Lipinski definition) is 0. The number of hydrogen-bond acceptors (Lipinski definition) is 4. The molecular formula is C20H18O4. The zero-order valence-corrected chi connectivity index (χ0v) is 13.6. The van der Waals surface area contributed by atoms with Crippen molar-refractivity contribution in [3.8, 4) is 0 Å². The minimum Gasteiger partial charge on any atom is -0.457 e. The van der Waals surface area contributed by atoms with Gasteiger partial charge in [-0.25, -0.2) is 0 Å². The Balaban J connectivity index is 2.08. The molecule has 0 amide bonds. The first-order chi connectivity index (χ1) is 11.6. The van der Waals surface area contributed by atoms with E-state index in [9.17, 15) is 9.59 Å². The van der Waals surface area contributed by atoms with Gasteiger partial charge in [-0.05, 0) is 18.1 Å². The molecule has 0 N–H and O–H groups in total. The Labute approximate surface area is 140 Å². The first kappa shape index (κ1) is 16.0. The van der Waals surface area contributed by atoms with E-state index in [-0.39, 0.29) is 5.78 Å². The summed E-state index contributed by atoms with van der Waals surface area (Å²) in [7, 11) is 0. The van der Waals surface area contributed by atoms with Crippen LogP contribution < -0.4 is 0 Å². The summed E-state index contributed by atoms with van der Waals surface area (Å²) in [6.07, 6.45) is -0.954. The van der Waals surface area contributed by atoms with Crippen LogP contribution >= 0.6 is 0 Å². The highest BCUT2D eigenvalue weighted by Gasteiger charge is 2.41. The summed E-state index contributed by atoms with van der Waals surface area (Å²) in [6, 6.07) is 18.6. The number of ether oxygens (including phenoxy) is 2. The molecule has 3 rings (SSSR count). The molecule has 2 aromatic rings. The third-order valence-corrected chi connectivity index (χ3v) is 3.95. The quantitative estimate of drug-likeness (QED) is 0.809. The fraction of sp³-hybridized carbons (Fsp3) is 0.200. The normalized spacial score (nSPS) is 20.5. The summed E-state index contributed by atoms with van der Waals surface area (Å²) in [4.78, 5) is 24.6. The standard InChI is InChI=1S/C20H18O4/c1-13-17(15-9-5-3-6-10-15)19(22)18(16-11-7-4-8-12-16)20(23-13)24-14(2)21/h3-12,18,20H,1-2H3. The van der Waals surface area contributed by atoms with Crippen LogP contribution in [0.1, 0.15) is 30.9 Å². The van der Waals surface area contributed by atoms with E-state index in [4.69, 9.17) is 9.47 Å². The van der Waals surface area contributed by atoms with Crippen molar-refractivity contribution in [3.63, 3.8) is 0 Å². The summed E-state index contributed by atoms with van der Waals surface area (Å²) < 4.78 is 11.1. The Morgan fingerprint density at radius 3 is 2.17 bits per heavy atom. The van der Waals surface area contributed by atoms with Gasteiger partial charge in [0, 0.05) is 6.92 Å². The van der Waals surface area contributed by atoms with Gasteiger partial charge in [-0.15, -0.1) is 0 Å². The second-order valence-electron chi connectivity index (χ2n) is 5.65. The molecule has 24 heavy (non-hydrogen) atoms.